The van der Waals surface area contributed by atoms with Gasteiger partial charge in [-0.1, -0.05) is 19.3 Å². The molecular formula is C17H27N5O2S. The van der Waals surface area contributed by atoms with E-state index in [0.717, 1.165) is 18.5 Å². The van der Waals surface area contributed by atoms with Crippen molar-refractivity contribution in [3.63, 3.8) is 0 Å². The lowest BCUT2D eigenvalue weighted by Gasteiger charge is -2.25. The van der Waals surface area contributed by atoms with Gasteiger partial charge in [0.1, 0.15) is 11.7 Å². The van der Waals surface area contributed by atoms with Crippen LogP contribution in [0.1, 0.15) is 44.6 Å². The zero-order valence-corrected chi connectivity index (χ0v) is 15.9. The van der Waals surface area contributed by atoms with Crippen LogP contribution in [-0.2, 0) is 10.0 Å². The SMILES string of the molecule is CN=C(C)N=C(N)c1cc(S(=O)(=O)NC)ccc1NC1CCCCC1. The predicted molar refractivity (Wildman–Crippen MR) is 103 cm³/mol. The Morgan fingerprint density at radius 1 is 1.24 bits per heavy atom. The van der Waals surface area contributed by atoms with Crippen LogP contribution in [0, 0.1) is 0 Å². The first kappa shape index (κ1) is 19.4. The van der Waals surface area contributed by atoms with Crippen LogP contribution in [0.4, 0.5) is 5.69 Å². The molecule has 0 amide bonds. The van der Waals surface area contributed by atoms with Gasteiger partial charge in [-0.3, -0.25) is 4.99 Å². The number of aliphatic imine (C=N–C) groups is 2. The van der Waals surface area contributed by atoms with Gasteiger partial charge in [0.15, 0.2) is 0 Å². The van der Waals surface area contributed by atoms with E-state index in [1.54, 1.807) is 32.2 Å². The highest BCUT2D eigenvalue weighted by atomic mass is 32.2. The highest BCUT2D eigenvalue weighted by Crippen LogP contribution is 2.26. The van der Waals surface area contributed by atoms with Crippen LogP contribution in [0.5, 0.6) is 0 Å². The molecule has 0 heterocycles. The van der Waals surface area contributed by atoms with Gasteiger partial charge < -0.3 is 11.1 Å². The largest absolute Gasteiger partial charge is 0.383 e. The van der Waals surface area contributed by atoms with Crippen LogP contribution < -0.4 is 15.8 Å². The number of nitrogens with one attached hydrogen (secondary N) is 2. The molecular weight excluding hydrogens is 338 g/mol. The van der Waals surface area contributed by atoms with Crippen LogP contribution in [0.15, 0.2) is 33.1 Å². The second-order valence-electron chi connectivity index (χ2n) is 6.16. The van der Waals surface area contributed by atoms with Crippen molar-refractivity contribution in [2.45, 2.75) is 50.0 Å². The van der Waals surface area contributed by atoms with Gasteiger partial charge in [-0.2, -0.15) is 0 Å². The normalized spacial score (nSPS) is 17.6. The first-order chi connectivity index (χ1) is 11.9. The first-order valence-corrected chi connectivity index (χ1v) is 9.97. The number of sulfonamides is 1. The summed E-state index contributed by atoms with van der Waals surface area (Å²) in [6.07, 6.45) is 5.86. The van der Waals surface area contributed by atoms with E-state index in [1.165, 1.54) is 26.3 Å². The summed E-state index contributed by atoms with van der Waals surface area (Å²) in [5.41, 5.74) is 7.52. The molecule has 7 nitrogen and oxygen atoms in total. The van der Waals surface area contributed by atoms with Crippen molar-refractivity contribution in [2.24, 2.45) is 15.7 Å². The third-order valence-electron chi connectivity index (χ3n) is 4.42. The molecule has 0 saturated heterocycles. The molecule has 0 aromatic heterocycles. The van der Waals surface area contributed by atoms with Crippen LogP contribution in [0.3, 0.4) is 0 Å². The van der Waals surface area contributed by atoms with Crippen molar-refractivity contribution >= 4 is 27.4 Å². The van der Waals surface area contributed by atoms with Gasteiger partial charge in [0.05, 0.1) is 4.90 Å². The molecule has 0 atom stereocenters. The summed E-state index contributed by atoms with van der Waals surface area (Å²) in [4.78, 5) is 8.40. The highest BCUT2D eigenvalue weighted by molar-refractivity contribution is 7.89. The third-order valence-corrected chi connectivity index (χ3v) is 5.83. The molecule has 138 valence electrons. The summed E-state index contributed by atoms with van der Waals surface area (Å²) < 4.78 is 26.6. The zero-order valence-electron chi connectivity index (χ0n) is 15.0. The molecule has 1 aromatic rings. The van der Waals surface area contributed by atoms with E-state index in [4.69, 9.17) is 5.73 Å². The van der Waals surface area contributed by atoms with Gasteiger partial charge in [-0.15, -0.1) is 0 Å². The minimum atomic E-state index is -3.56. The van der Waals surface area contributed by atoms with Crippen molar-refractivity contribution in [1.82, 2.24) is 4.72 Å². The summed E-state index contributed by atoms with van der Waals surface area (Å²) in [5.74, 6) is 0.776. The lowest BCUT2D eigenvalue weighted by Crippen LogP contribution is -2.26. The van der Waals surface area contributed by atoms with E-state index in [1.807, 2.05) is 0 Å². The van der Waals surface area contributed by atoms with Gasteiger partial charge in [0.2, 0.25) is 10.0 Å². The molecule has 1 aromatic carbocycles. The standard InChI is InChI=1S/C17H27N5O2S/c1-12(19-2)21-17(18)15-11-14(25(23,24)20-3)9-10-16(15)22-13-7-5-4-6-8-13/h9-11,13,20,22H,4-8H2,1-3H3,(H2,18,19,21). The molecule has 0 spiro atoms. The van der Waals surface area contributed by atoms with E-state index < -0.39 is 10.0 Å². The smallest absolute Gasteiger partial charge is 0.240 e. The molecule has 4 N–H and O–H groups in total. The Bertz CT molecular complexity index is 765. The average molecular weight is 366 g/mol. The molecule has 1 aliphatic carbocycles. The Morgan fingerprint density at radius 3 is 2.52 bits per heavy atom. The summed E-state index contributed by atoms with van der Waals surface area (Å²) in [6, 6.07) is 5.26. The number of anilines is 1. The van der Waals surface area contributed by atoms with E-state index in [9.17, 15) is 8.42 Å². The van der Waals surface area contributed by atoms with Crippen molar-refractivity contribution in [3.05, 3.63) is 23.8 Å². The summed E-state index contributed by atoms with van der Waals surface area (Å²) in [7, 11) is -0.539. The van der Waals surface area contributed by atoms with Crippen LogP contribution in [-0.4, -0.2) is 40.2 Å². The van der Waals surface area contributed by atoms with Crippen molar-refractivity contribution in [1.29, 1.82) is 0 Å². The predicted octanol–water partition coefficient (Wildman–Crippen LogP) is 2.09. The van der Waals surface area contributed by atoms with Crippen molar-refractivity contribution in [3.8, 4) is 0 Å². The molecule has 1 aliphatic rings. The lowest BCUT2D eigenvalue weighted by molar-refractivity contribution is 0.462. The van der Waals surface area contributed by atoms with Gasteiger partial charge in [0, 0.05) is 24.3 Å². The number of rotatable bonds is 5. The fourth-order valence-corrected chi connectivity index (χ4v) is 3.65. The Kier molecular flexibility index (Phi) is 6.55. The third kappa shape index (κ3) is 5.02. The average Bonchev–Trinajstić information content (AvgIpc) is 2.62. The van der Waals surface area contributed by atoms with E-state index in [0.29, 0.717) is 17.4 Å². The van der Waals surface area contributed by atoms with Crippen LogP contribution >= 0.6 is 0 Å². The number of nitrogens with two attached hydrogens (primary N) is 1. The number of hydrogen-bond donors (Lipinski definition) is 3. The van der Waals surface area contributed by atoms with E-state index >= 15 is 0 Å². The number of nitrogens with zero attached hydrogens (tertiary/aromatic N) is 2. The topological polar surface area (TPSA) is 109 Å². The monoisotopic (exact) mass is 365 g/mol. The van der Waals surface area contributed by atoms with Crippen LogP contribution in [0.25, 0.3) is 0 Å². The van der Waals surface area contributed by atoms with Crippen molar-refractivity contribution in [2.75, 3.05) is 19.4 Å². The second-order valence-corrected chi connectivity index (χ2v) is 8.05. The zero-order chi connectivity index (χ0) is 18.4. The van der Waals surface area contributed by atoms with Gasteiger partial charge >= 0.3 is 0 Å². The maximum Gasteiger partial charge on any atom is 0.240 e. The molecule has 0 unspecified atom stereocenters. The maximum absolute atomic E-state index is 12.1. The minimum Gasteiger partial charge on any atom is -0.383 e. The Hall–Kier alpha value is -1.93. The van der Waals surface area contributed by atoms with E-state index in [-0.39, 0.29) is 10.7 Å². The Labute approximate surface area is 149 Å². The second kappa shape index (κ2) is 8.44. The van der Waals surface area contributed by atoms with Gasteiger partial charge in [-0.05, 0) is 45.0 Å². The fourth-order valence-electron chi connectivity index (χ4n) is 2.90. The number of amidine groups is 2. The quantitative estimate of drug-likeness (QED) is 0.548. The number of hydrogen-bond acceptors (Lipinski definition) is 4. The molecule has 0 radical (unpaired) electrons. The molecule has 0 bridgehead atoms. The number of benzene rings is 1. The Balaban J connectivity index is 2.45. The van der Waals surface area contributed by atoms with Crippen molar-refractivity contribution < 1.29 is 8.42 Å². The molecule has 2 rings (SSSR count). The molecule has 8 heteroatoms. The minimum absolute atomic E-state index is 0.156. The molecule has 25 heavy (non-hydrogen) atoms. The first-order valence-electron chi connectivity index (χ1n) is 8.49. The molecule has 1 saturated carbocycles. The van der Waals surface area contributed by atoms with Gasteiger partial charge in [-0.25, -0.2) is 18.1 Å². The molecule has 0 aliphatic heterocycles. The highest BCUT2D eigenvalue weighted by Gasteiger charge is 2.19. The maximum atomic E-state index is 12.1. The summed E-state index contributed by atoms with van der Waals surface area (Å²) in [5, 5.41) is 3.50. The molecule has 1 fully saturated rings. The van der Waals surface area contributed by atoms with Gasteiger partial charge in [0.25, 0.3) is 0 Å². The van der Waals surface area contributed by atoms with Crippen LogP contribution in [0.2, 0.25) is 0 Å². The summed E-state index contributed by atoms with van der Waals surface area (Å²) >= 11 is 0. The Morgan fingerprint density at radius 2 is 1.92 bits per heavy atom. The fraction of sp³-hybridized carbons (Fsp3) is 0.529. The van der Waals surface area contributed by atoms with E-state index in [2.05, 4.69) is 20.0 Å². The lowest BCUT2D eigenvalue weighted by atomic mass is 9.95. The summed E-state index contributed by atoms with van der Waals surface area (Å²) in [6.45, 7) is 1.75.